The second-order valence-corrected chi connectivity index (χ2v) is 4.03. The first-order valence-corrected chi connectivity index (χ1v) is 5.74. The van der Waals surface area contributed by atoms with Gasteiger partial charge in [-0.3, -0.25) is 0 Å². The highest BCUT2D eigenvalue weighted by Crippen LogP contribution is 2.28. The number of rotatable bonds is 2. The minimum atomic E-state index is -0.988. The van der Waals surface area contributed by atoms with E-state index in [9.17, 15) is 8.78 Å². The van der Waals surface area contributed by atoms with Crippen LogP contribution in [0.3, 0.4) is 0 Å². The Labute approximate surface area is 112 Å². The maximum atomic E-state index is 13.8. The second-order valence-electron chi connectivity index (χ2n) is 4.03. The molecule has 2 N–H and O–H groups in total. The number of nitrogens with two attached hydrogens (primary N) is 1. The van der Waals surface area contributed by atoms with Gasteiger partial charge in [0.1, 0.15) is 5.69 Å². The molecule has 3 rings (SSSR count). The van der Waals surface area contributed by atoms with E-state index in [1.54, 1.807) is 18.5 Å². The molecule has 5 nitrogen and oxygen atoms in total. The summed E-state index contributed by atoms with van der Waals surface area (Å²) in [7, 11) is 0. The number of halogens is 2. The minimum absolute atomic E-state index is 0.00261. The fraction of sp³-hybridized carbons (Fsp3) is 0. The number of nitrogens with zero attached hydrogens (tertiary/aromatic N) is 4. The van der Waals surface area contributed by atoms with E-state index in [1.807, 2.05) is 0 Å². The van der Waals surface area contributed by atoms with Gasteiger partial charge in [0, 0.05) is 18.0 Å². The summed E-state index contributed by atoms with van der Waals surface area (Å²) in [6, 6.07) is 5.49. The molecule has 0 fully saturated rings. The molecule has 0 atom stereocenters. The number of hydrogen-bond acceptors (Lipinski definition) is 4. The first-order chi connectivity index (χ1) is 9.66. The molecule has 0 saturated carbocycles. The van der Waals surface area contributed by atoms with Gasteiger partial charge in [-0.1, -0.05) is 6.07 Å². The Morgan fingerprint density at radius 2 is 1.80 bits per heavy atom. The zero-order valence-electron chi connectivity index (χ0n) is 10.2. The molecule has 100 valence electrons. The van der Waals surface area contributed by atoms with Gasteiger partial charge in [0.2, 0.25) is 0 Å². The lowest BCUT2D eigenvalue weighted by molar-refractivity contribution is 0.511. The van der Waals surface area contributed by atoms with Crippen LogP contribution in [0.4, 0.5) is 14.5 Å². The smallest absolute Gasteiger partial charge is 0.250 e. The molecular weight excluding hydrogens is 264 g/mol. The van der Waals surface area contributed by atoms with Gasteiger partial charge >= 0.3 is 0 Å². The maximum Gasteiger partial charge on any atom is 0.250 e. The van der Waals surface area contributed by atoms with Crippen LogP contribution in [-0.2, 0) is 0 Å². The van der Waals surface area contributed by atoms with E-state index in [1.165, 1.54) is 23.0 Å². The predicted octanol–water partition coefficient (Wildman–Crippen LogP) is 2.19. The third-order valence-electron chi connectivity index (χ3n) is 2.71. The molecular formula is C13H9F2N5. The van der Waals surface area contributed by atoms with Crippen LogP contribution in [0.5, 0.6) is 0 Å². The quantitative estimate of drug-likeness (QED) is 0.777. The van der Waals surface area contributed by atoms with Gasteiger partial charge in [0.05, 0.1) is 11.9 Å². The molecule has 7 heteroatoms. The lowest BCUT2D eigenvalue weighted by atomic mass is 10.1. The van der Waals surface area contributed by atoms with Crippen molar-refractivity contribution in [3.63, 3.8) is 0 Å². The monoisotopic (exact) mass is 273 g/mol. The molecule has 0 spiro atoms. The summed E-state index contributed by atoms with van der Waals surface area (Å²) in [5.74, 6) is -1.65. The third-order valence-corrected chi connectivity index (χ3v) is 2.71. The highest BCUT2D eigenvalue weighted by Gasteiger charge is 2.16. The van der Waals surface area contributed by atoms with Crippen LogP contribution in [0.25, 0.3) is 17.2 Å². The number of anilines is 1. The van der Waals surface area contributed by atoms with Crippen molar-refractivity contribution in [3.8, 4) is 17.2 Å². The van der Waals surface area contributed by atoms with E-state index in [2.05, 4.69) is 15.1 Å². The molecule has 20 heavy (non-hydrogen) atoms. The summed E-state index contributed by atoms with van der Waals surface area (Å²) in [5, 5.41) is 4.11. The molecule has 1 aromatic carbocycles. The average molecular weight is 273 g/mol. The molecule has 0 saturated heterocycles. The molecule has 0 aliphatic rings. The van der Waals surface area contributed by atoms with E-state index in [-0.39, 0.29) is 16.9 Å². The molecule has 0 amide bonds. The van der Waals surface area contributed by atoms with Gasteiger partial charge < -0.3 is 5.73 Å². The lowest BCUT2D eigenvalue weighted by Gasteiger charge is -2.01. The summed E-state index contributed by atoms with van der Waals surface area (Å²) in [5.41, 5.74) is 6.16. The molecule has 0 aliphatic heterocycles. The van der Waals surface area contributed by atoms with E-state index < -0.39 is 11.6 Å². The topological polar surface area (TPSA) is 69.6 Å². The van der Waals surface area contributed by atoms with Crippen LogP contribution in [0.2, 0.25) is 0 Å². The number of hydrogen-bond donors (Lipinski definition) is 1. The molecule has 2 aromatic heterocycles. The maximum absolute atomic E-state index is 13.8. The Kier molecular flexibility index (Phi) is 2.86. The van der Waals surface area contributed by atoms with Gasteiger partial charge in [0.15, 0.2) is 11.6 Å². The van der Waals surface area contributed by atoms with Crippen molar-refractivity contribution in [2.24, 2.45) is 0 Å². The molecule has 0 unspecified atom stereocenters. The standard InChI is InChI=1S/C13H9F2N5/c14-9-4-1-3-8(11(9)15)12-10(16)7-20(19-12)13-17-5-2-6-18-13/h1-7H,16H2. The molecule has 0 bridgehead atoms. The van der Waals surface area contributed by atoms with Gasteiger partial charge in [0.25, 0.3) is 5.95 Å². The van der Waals surface area contributed by atoms with Crippen molar-refractivity contribution in [1.82, 2.24) is 19.7 Å². The number of aromatic nitrogens is 4. The highest BCUT2D eigenvalue weighted by molar-refractivity contribution is 5.72. The van der Waals surface area contributed by atoms with Crippen LogP contribution < -0.4 is 5.73 Å². The minimum Gasteiger partial charge on any atom is -0.396 e. The van der Waals surface area contributed by atoms with Gasteiger partial charge in [-0.25, -0.2) is 23.4 Å². The van der Waals surface area contributed by atoms with Crippen molar-refractivity contribution in [1.29, 1.82) is 0 Å². The normalized spacial score (nSPS) is 10.7. The van der Waals surface area contributed by atoms with E-state index in [0.717, 1.165) is 6.07 Å². The Hall–Kier alpha value is -2.83. The number of nitrogen functional groups attached to an aromatic ring is 1. The Morgan fingerprint density at radius 1 is 1.05 bits per heavy atom. The molecule has 3 aromatic rings. The van der Waals surface area contributed by atoms with Crippen molar-refractivity contribution >= 4 is 5.69 Å². The highest BCUT2D eigenvalue weighted by atomic mass is 19.2. The summed E-state index contributed by atoms with van der Waals surface area (Å²) < 4.78 is 28.3. The molecule has 0 radical (unpaired) electrons. The fourth-order valence-corrected chi connectivity index (χ4v) is 1.80. The van der Waals surface area contributed by atoms with Crippen molar-refractivity contribution in [2.45, 2.75) is 0 Å². The number of benzene rings is 1. The summed E-state index contributed by atoms with van der Waals surface area (Å²) in [6.45, 7) is 0. The zero-order valence-corrected chi connectivity index (χ0v) is 10.2. The van der Waals surface area contributed by atoms with Crippen LogP contribution >= 0.6 is 0 Å². The largest absolute Gasteiger partial charge is 0.396 e. The van der Waals surface area contributed by atoms with Crippen LogP contribution in [-0.4, -0.2) is 19.7 Å². The van der Waals surface area contributed by atoms with Crippen molar-refractivity contribution in [3.05, 3.63) is 54.5 Å². The van der Waals surface area contributed by atoms with E-state index in [4.69, 9.17) is 5.73 Å². The summed E-state index contributed by atoms with van der Waals surface area (Å²) in [4.78, 5) is 8.01. The first kappa shape index (κ1) is 12.2. The van der Waals surface area contributed by atoms with Crippen molar-refractivity contribution in [2.75, 3.05) is 5.73 Å². The molecule has 0 aliphatic carbocycles. The second kappa shape index (κ2) is 4.69. The van der Waals surface area contributed by atoms with Gasteiger partial charge in [-0.05, 0) is 18.2 Å². The summed E-state index contributed by atoms with van der Waals surface area (Å²) in [6.07, 6.45) is 4.54. The Bertz CT molecular complexity index is 755. The van der Waals surface area contributed by atoms with Crippen LogP contribution in [0.1, 0.15) is 0 Å². The summed E-state index contributed by atoms with van der Waals surface area (Å²) >= 11 is 0. The first-order valence-electron chi connectivity index (χ1n) is 5.74. The molecule has 2 heterocycles. The average Bonchev–Trinajstić information content (AvgIpc) is 2.85. The van der Waals surface area contributed by atoms with E-state index >= 15 is 0 Å². The lowest BCUT2D eigenvalue weighted by Crippen LogP contribution is -2.00. The predicted molar refractivity (Wildman–Crippen MR) is 68.9 cm³/mol. The fourth-order valence-electron chi connectivity index (χ4n) is 1.80. The van der Waals surface area contributed by atoms with Crippen LogP contribution in [0, 0.1) is 11.6 Å². The third kappa shape index (κ3) is 1.99. The SMILES string of the molecule is Nc1cn(-c2ncccn2)nc1-c1cccc(F)c1F. The van der Waals surface area contributed by atoms with Crippen molar-refractivity contribution < 1.29 is 8.78 Å². The zero-order chi connectivity index (χ0) is 14.1. The van der Waals surface area contributed by atoms with Gasteiger partial charge in [-0.15, -0.1) is 0 Å². The van der Waals surface area contributed by atoms with Gasteiger partial charge in [-0.2, -0.15) is 5.10 Å². The Balaban J connectivity index is 2.12. The van der Waals surface area contributed by atoms with Crippen LogP contribution in [0.15, 0.2) is 42.9 Å². The Morgan fingerprint density at radius 3 is 2.55 bits per heavy atom. The van der Waals surface area contributed by atoms with E-state index in [0.29, 0.717) is 5.95 Å².